The Morgan fingerprint density at radius 2 is 1.79 bits per heavy atom. The molecule has 6 nitrogen and oxygen atoms in total. The van der Waals surface area contributed by atoms with Crippen molar-refractivity contribution in [2.24, 2.45) is 0 Å². The SMILES string of the molecule is COc1cccc(N(CC(=O)Nc2ccc(N3CCCCC3)cc2)C(C)=O)c1. The lowest BCUT2D eigenvalue weighted by Gasteiger charge is -2.28. The summed E-state index contributed by atoms with van der Waals surface area (Å²) in [7, 11) is 1.57. The van der Waals surface area contributed by atoms with Crippen molar-refractivity contribution >= 4 is 28.9 Å². The van der Waals surface area contributed by atoms with Crippen molar-refractivity contribution in [1.82, 2.24) is 0 Å². The lowest BCUT2D eigenvalue weighted by molar-refractivity contribution is -0.120. The van der Waals surface area contributed by atoms with Crippen LogP contribution in [-0.2, 0) is 9.59 Å². The summed E-state index contributed by atoms with van der Waals surface area (Å²) >= 11 is 0. The minimum absolute atomic E-state index is 0.0591. The summed E-state index contributed by atoms with van der Waals surface area (Å²) in [6, 6.07) is 15.0. The van der Waals surface area contributed by atoms with E-state index in [-0.39, 0.29) is 18.4 Å². The molecule has 1 saturated heterocycles. The molecule has 6 heteroatoms. The van der Waals surface area contributed by atoms with Crippen molar-refractivity contribution in [3.8, 4) is 5.75 Å². The van der Waals surface area contributed by atoms with Gasteiger partial charge in [-0.1, -0.05) is 6.07 Å². The molecule has 2 aromatic carbocycles. The number of hydrogen-bond donors (Lipinski definition) is 1. The Bertz CT molecular complexity index is 814. The molecule has 2 amide bonds. The van der Waals surface area contributed by atoms with Gasteiger partial charge in [0.05, 0.1) is 7.11 Å². The van der Waals surface area contributed by atoms with Crippen LogP contribution in [-0.4, -0.2) is 38.6 Å². The molecule has 1 aliphatic heterocycles. The summed E-state index contributed by atoms with van der Waals surface area (Å²) in [6.45, 7) is 3.55. The van der Waals surface area contributed by atoms with Crippen molar-refractivity contribution < 1.29 is 14.3 Å². The van der Waals surface area contributed by atoms with Gasteiger partial charge in [-0.05, 0) is 55.7 Å². The van der Waals surface area contributed by atoms with Gasteiger partial charge in [0.2, 0.25) is 11.8 Å². The normalized spacial score (nSPS) is 13.7. The molecule has 3 rings (SSSR count). The molecule has 148 valence electrons. The number of anilines is 3. The molecule has 28 heavy (non-hydrogen) atoms. The lowest BCUT2D eigenvalue weighted by Crippen LogP contribution is -2.36. The Hall–Kier alpha value is -3.02. The fourth-order valence-electron chi connectivity index (χ4n) is 3.41. The topological polar surface area (TPSA) is 61.9 Å². The van der Waals surface area contributed by atoms with E-state index in [1.54, 1.807) is 31.4 Å². The number of hydrogen-bond acceptors (Lipinski definition) is 4. The van der Waals surface area contributed by atoms with Gasteiger partial charge in [-0.15, -0.1) is 0 Å². The van der Waals surface area contributed by atoms with E-state index in [9.17, 15) is 9.59 Å². The Balaban J connectivity index is 1.63. The second-order valence-electron chi connectivity index (χ2n) is 6.95. The molecule has 0 unspecified atom stereocenters. The molecule has 0 spiro atoms. The summed E-state index contributed by atoms with van der Waals surface area (Å²) in [5.41, 5.74) is 2.53. The number of amides is 2. The first-order valence-corrected chi connectivity index (χ1v) is 9.64. The van der Waals surface area contributed by atoms with Crippen molar-refractivity contribution in [2.75, 3.05) is 41.9 Å². The van der Waals surface area contributed by atoms with Gasteiger partial charge in [0, 0.05) is 43.1 Å². The number of rotatable bonds is 6. The minimum atomic E-state index is -0.247. The van der Waals surface area contributed by atoms with Crippen LogP contribution in [0.4, 0.5) is 17.1 Å². The average molecular weight is 381 g/mol. The molecule has 0 aliphatic carbocycles. The van der Waals surface area contributed by atoms with Crippen LogP contribution in [0.15, 0.2) is 48.5 Å². The number of carbonyl (C=O) groups is 2. The first kappa shape index (κ1) is 19.7. The van der Waals surface area contributed by atoms with E-state index in [0.717, 1.165) is 18.8 Å². The van der Waals surface area contributed by atoms with Crippen molar-refractivity contribution in [3.05, 3.63) is 48.5 Å². The van der Waals surface area contributed by atoms with Crippen LogP contribution >= 0.6 is 0 Å². The van der Waals surface area contributed by atoms with Gasteiger partial charge >= 0.3 is 0 Å². The Labute approximate surface area is 166 Å². The van der Waals surface area contributed by atoms with Crippen LogP contribution in [0.5, 0.6) is 5.75 Å². The third-order valence-corrected chi connectivity index (χ3v) is 4.92. The maximum Gasteiger partial charge on any atom is 0.244 e. The first-order valence-electron chi connectivity index (χ1n) is 9.64. The fraction of sp³-hybridized carbons (Fsp3) is 0.364. The van der Waals surface area contributed by atoms with E-state index in [1.807, 2.05) is 24.3 Å². The quantitative estimate of drug-likeness (QED) is 0.829. The van der Waals surface area contributed by atoms with Crippen LogP contribution in [0, 0.1) is 0 Å². The van der Waals surface area contributed by atoms with Gasteiger partial charge in [0.1, 0.15) is 12.3 Å². The van der Waals surface area contributed by atoms with Crippen molar-refractivity contribution in [2.45, 2.75) is 26.2 Å². The van der Waals surface area contributed by atoms with Gasteiger partial charge in [-0.3, -0.25) is 9.59 Å². The third kappa shape index (κ3) is 5.03. The van der Waals surface area contributed by atoms with Crippen LogP contribution in [0.2, 0.25) is 0 Å². The summed E-state index contributed by atoms with van der Waals surface area (Å²) < 4.78 is 5.20. The largest absolute Gasteiger partial charge is 0.497 e. The van der Waals surface area contributed by atoms with Crippen LogP contribution in [0.3, 0.4) is 0 Å². The highest BCUT2D eigenvalue weighted by molar-refractivity contribution is 6.01. The second-order valence-corrected chi connectivity index (χ2v) is 6.95. The van der Waals surface area contributed by atoms with Crippen molar-refractivity contribution in [1.29, 1.82) is 0 Å². The molecule has 1 aliphatic rings. The summed E-state index contributed by atoms with van der Waals surface area (Å²) in [5.74, 6) is 0.185. The predicted molar refractivity (Wildman–Crippen MR) is 112 cm³/mol. The molecule has 0 saturated carbocycles. The molecule has 0 bridgehead atoms. The highest BCUT2D eigenvalue weighted by Crippen LogP contribution is 2.23. The monoisotopic (exact) mass is 381 g/mol. The van der Waals surface area contributed by atoms with E-state index in [1.165, 1.54) is 36.8 Å². The fourth-order valence-corrected chi connectivity index (χ4v) is 3.41. The first-order chi connectivity index (χ1) is 13.6. The zero-order chi connectivity index (χ0) is 19.9. The zero-order valence-electron chi connectivity index (χ0n) is 16.5. The molecule has 1 heterocycles. The molecule has 0 radical (unpaired) electrons. The Kier molecular flexibility index (Phi) is 6.53. The molecule has 0 aromatic heterocycles. The molecule has 0 atom stereocenters. The Morgan fingerprint density at radius 3 is 2.43 bits per heavy atom. The van der Waals surface area contributed by atoms with E-state index < -0.39 is 0 Å². The van der Waals surface area contributed by atoms with Crippen molar-refractivity contribution in [3.63, 3.8) is 0 Å². The molecular weight excluding hydrogens is 354 g/mol. The number of nitrogens with zero attached hydrogens (tertiary/aromatic N) is 2. The number of piperidine rings is 1. The molecule has 1 N–H and O–H groups in total. The standard InChI is InChI=1S/C22H27N3O3/c1-17(26)25(20-7-6-8-21(15-20)28-2)16-22(27)23-18-9-11-19(12-10-18)24-13-4-3-5-14-24/h6-12,15H,3-5,13-14,16H2,1-2H3,(H,23,27). The van der Waals surface area contributed by atoms with E-state index in [2.05, 4.69) is 10.2 Å². The average Bonchev–Trinajstić information content (AvgIpc) is 2.73. The zero-order valence-corrected chi connectivity index (χ0v) is 16.5. The summed E-state index contributed by atoms with van der Waals surface area (Å²) in [6.07, 6.45) is 3.75. The van der Waals surface area contributed by atoms with Gasteiger partial charge in [-0.25, -0.2) is 0 Å². The second kappa shape index (κ2) is 9.26. The molecule has 2 aromatic rings. The van der Waals surface area contributed by atoms with E-state index in [0.29, 0.717) is 11.4 Å². The Morgan fingerprint density at radius 1 is 1.07 bits per heavy atom. The van der Waals surface area contributed by atoms with Crippen LogP contribution in [0.25, 0.3) is 0 Å². The minimum Gasteiger partial charge on any atom is -0.497 e. The van der Waals surface area contributed by atoms with E-state index in [4.69, 9.17) is 4.74 Å². The highest BCUT2D eigenvalue weighted by atomic mass is 16.5. The summed E-state index contributed by atoms with van der Waals surface area (Å²) in [5, 5.41) is 2.87. The number of benzene rings is 2. The van der Waals surface area contributed by atoms with Crippen LogP contribution in [0.1, 0.15) is 26.2 Å². The van der Waals surface area contributed by atoms with Gasteiger partial charge in [0.25, 0.3) is 0 Å². The van der Waals surface area contributed by atoms with E-state index >= 15 is 0 Å². The maximum absolute atomic E-state index is 12.5. The predicted octanol–water partition coefficient (Wildman–Crippen LogP) is 3.68. The highest BCUT2D eigenvalue weighted by Gasteiger charge is 2.17. The van der Waals surface area contributed by atoms with Gasteiger partial charge in [0.15, 0.2) is 0 Å². The number of methoxy groups -OCH3 is 1. The lowest BCUT2D eigenvalue weighted by atomic mass is 10.1. The van der Waals surface area contributed by atoms with Gasteiger partial charge < -0.3 is 19.9 Å². The number of carbonyl (C=O) groups excluding carboxylic acids is 2. The third-order valence-electron chi connectivity index (χ3n) is 4.92. The molecule has 1 fully saturated rings. The maximum atomic E-state index is 12.5. The number of nitrogens with one attached hydrogen (secondary N) is 1. The smallest absolute Gasteiger partial charge is 0.244 e. The van der Waals surface area contributed by atoms with Crippen LogP contribution < -0.4 is 19.9 Å². The molecular formula is C22H27N3O3. The van der Waals surface area contributed by atoms with Gasteiger partial charge in [-0.2, -0.15) is 0 Å². The number of ether oxygens (including phenoxy) is 1. The summed E-state index contributed by atoms with van der Waals surface area (Å²) in [4.78, 5) is 28.3.